The smallest absolute Gasteiger partial charge is 0.341 e. The van der Waals surface area contributed by atoms with Crippen molar-refractivity contribution in [2.45, 2.75) is 6.92 Å². The Hall–Kier alpha value is -2.89. The van der Waals surface area contributed by atoms with Crippen LogP contribution in [0.2, 0.25) is 0 Å². The number of pyridine rings is 1. The van der Waals surface area contributed by atoms with Crippen molar-refractivity contribution < 1.29 is 14.6 Å². The number of hydrogen-bond donors (Lipinski definition) is 1. The first-order valence-electron chi connectivity index (χ1n) is 6.35. The summed E-state index contributed by atoms with van der Waals surface area (Å²) in [4.78, 5) is 15.5. The number of aryl methyl sites for hydroxylation is 2. The molecular formula is C15H13N3O3. The van der Waals surface area contributed by atoms with E-state index in [1.807, 2.05) is 25.1 Å². The van der Waals surface area contributed by atoms with Crippen LogP contribution in [0.25, 0.3) is 11.0 Å². The van der Waals surface area contributed by atoms with Gasteiger partial charge in [0.05, 0.1) is 11.6 Å². The Kier molecular flexibility index (Phi) is 3.06. The Balaban J connectivity index is 2.18. The van der Waals surface area contributed by atoms with E-state index in [9.17, 15) is 9.90 Å². The lowest BCUT2D eigenvalue weighted by molar-refractivity contribution is 0.0694. The molecule has 0 aliphatic heterocycles. The highest BCUT2D eigenvalue weighted by molar-refractivity contribution is 5.98. The van der Waals surface area contributed by atoms with Gasteiger partial charge in [-0.2, -0.15) is 5.10 Å². The molecule has 0 atom stereocenters. The predicted molar refractivity (Wildman–Crippen MR) is 76.7 cm³/mol. The molecule has 6 nitrogen and oxygen atoms in total. The molecule has 21 heavy (non-hydrogen) atoms. The zero-order chi connectivity index (χ0) is 15.0. The largest absolute Gasteiger partial charge is 0.477 e. The molecule has 1 N–H and O–H groups in total. The van der Waals surface area contributed by atoms with Crippen LogP contribution in [0.15, 0.2) is 36.7 Å². The molecule has 0 bridgehead atoms. The van der Waals surface area contributed by atoms with Crippen molar-refractivity contribution in [3.8, 4) is 11.5 Å². The fraction of sp³-hybridized carbons (Fsp3) is 0.133. The Bertz CT molecular complexity index is 839. The predicted octanol–water partition coefficient (Wildman–Crippen LogP) is 2.77. The number of hydrogen-bond acceptors (Lipinski definition) is 4. The van der Waals surface area contributed by atoms with E-state index in [-0.39, 0.29) is 11.3 Å². The molecule has 1 aromatic carbocycles. The summed E-state index contributed by atoms with van der Waals surface area (Å²) in [6.07, 6.45) is 2.84. The standard InChI is InChI=1S/C15H13N3O3/c1-9-4-3-5-10(6-9)21-13-11-8-17-18(2)14(11)16-7-12(13)15(19)20/h3-8H,1-2H3,(H,19,20). The molecule has 0 saturated carbocycles. The average molecular weight is 283 g/mol. The maximum absolute atomic E-state index is 11.4. The van der Waals surface area contributed by atoms with Gasteiger partial charge in [-0.3, -0.25) is 4.68 Å². The van der Waals surface area contributed by atoms with Crippen molar-refractivity contribution in [2.24, 2.45) is 7.05 Å². The molecule has 0 spiro atoms. The Labute approximate surface area is 120 Å². The van der Waals surface area contributed by atoms with Crippen LogP contribution in [0.5, 0.6) is 11.5 Å². The third-order valence-electron chi connectivity index (χ3n) is 3.15. The molecule has 3 rings (SSSR count). The molecule has 0 aliphatic rings. The van der Waals surface area contributed by atoms with Gasteiger partial charge < -0.3 is 9.84 Å². The van der Waals surface area contributed by atoms with Gasteiger partial charge in [0.2, 0.25) is 0 Å². The van der Waals surface area contributed by atoms with Crippen LogP contribution in [0, 0.1) is 6.92 Å². The second-order valence-corrected chi connectivity index (χ2v) is 4.73. The van der Waals surface area contributed by atoms with E-state index in [0.29, 0.717) is 16.8 Å². The van der Waals surface area contributed by atoms with E-state index in [1.54, 1.807) is 24.0 Å². The molecule has 0 saturated heterocycles. The second-order valence-electron chi connectivity index (χ2n) is 4.73. The minimum absolute atomic E-state index is 0.0111. The summed E-state index contributed by atoms with van der Waals surface area (Å²) in [5.74, 6) is -0.254. The molecule has 0 amide bonds. The van der Waals surface area contributed by atoms with E-state index < -0.39 is 5.97 Å². The topological polar surface area (TPSA) is 77.2 Å². The minimum Gasteiger partial charge on any atom is -0.477 e. The molecule has 2 aromatic heterocycles. The van der Waals surface area contributed by atoms with Gasteiger partial charge in [-0.05, 0) is 24.6 Å². The number of carboxylic acids is 1. The Morgan fingerprint density at radius 1 is 1.33 bits per heavy atom. The first-order chi connectivity index (χ1) is 10.1. The van der Waals surface area contributed by atoms with Gasteiger partial charge in [0.25, 0.3) is 0 Å². The van der Waals surface area contributed by atoms with Gasteiger partial charge in [0, 0.05) is 13.2 Å². The van der Waals surface area contributed by atoms with Gasteiger partial charge in [0.1, 0.15) is 11.3 Å². The zero-order valence-electron chi connectivity index (χ0n) is 11.6. The Morgan fingerprint density at radius 2 is 2.14 bits per heavy atom. The van der Waals surface area contributed by atoms with Gasteiger partial charge in [0.15, 0.2) is 11.4 Å². The van der Waals surface area contributed by atoms with Gasteiger partial charge in [-0.15, -0.1) is 0 Å². The first-order valence-corrected chi connectivity index (χ1v) is 6.35. The van der Waals surface area contributed by atoms with Crippen molar-refractivity contribution in [3.05, 3.63) is 47.8 Å². The second kappa shape index (κ2) is 4.90. The molecule has 6 heteroatoms. The SMILES string of the molecule is Cc1cccc(Oc2c(C(=O)O)cnc3c2cnn3C)c1. The van der Waals surface area contributed by atoms with Crippen molar-refractivity contribution in [1.29, 1.82) is 0 Å². The van der Waals surface area contributed by atoms with E-state index in [4.69, 9.17) is 4.74 Å². The van der Waals surface area contributed by atoms with Crippen molar-refractivity contribution >= 4 is 17.0 Å². The highest BCUT2D eigenvalue weighted by Gasteiger charge is 2.19. The van der Waals surface area contributed by atoms with E-state index in [1.165, 1.54) is 6.20 Å². The normalized spacial score (nSPS) is 10.8. The number of carbonyl (C=O) groups is 1. The number of rotatable bonds is 3. The van der Waals surface area contributed by atoms with Crippen LogP contribution in [0.3, 0.4) is 0 Å². The van der Waals surface area contributed by atoms with E-state index >= 15 is 0 Å². The molecule has 106 valence electrons. The van der Waals surface area contributed by atoms with Crippen molar-refractivity contribution in [3.63, 3.8) is 0 Å². The minimum atomic E-state index is -1.09. The molecule has 3 aromatic rings. The number of aromatic carboxylic acids is 1. The summed E-state index contributed by atoms with van der Waals surface area (Å²) in [7, 11) is 1.74. The number of benzene rings is 1. The third-order valence-corrected chi connectivity index (χ3v) is 3.15. The van der Waals surface area contributed by atoms with Gasteiger partial charge in [-0.25, -0.2) is 9.78 Å². The molecule has 0 unspecified atom stereocenters. The molecule has 2 heterocycles. The van der Waals surface area contributed by atoms with Crippen LogP contribution < -0.4 is 4.74 Å². The average Bonchev–Trinajstić information content (AvgIpc) is 2.81. The molecule has 0 radical (unpaired) electrons. The lowest BCUT2D eigenvalue weighted by Gasteiger charge is -2.10. The van der Waals surface area contributed by atoms with Crippen LogP contribution >= 0.6 is 0 Å². The summed E-state index contributed by atoms with van der Waals surface area (Å²) in [6, 6.07) is 7.42. The summed E-state index contributed by atoms with van der Waals surface area (Å²) < 4.78 is 7.38. The molecular weight excluding hydrogens is 270 g/mol. The highest BCUT2D eigenvalue weighted by Crippen LogP contribution is 2.32. The van der Waals surface area contributed by atoms with Crippen LogP contribution in [0.4, 0.5) is 0 Å². The number of nitrogens with zero attached hydrogens (tertiary/aromatic N) is 3. The fourth-order valence-electron chi connectivity index (χ4n) is 2.13. The quantitative estimate of drug-likeness (QED) is 0.799. The first kappa shape index (κ1) is 13.1. The van der Waals surface area contributed by atoms with E-state index in [0.717, 1.165) is 5.56 Å². The van der Waals surface area contributed by atoms with E-state index in [2.05, 4.69) is 10.1 Å². The summed E-state index contributed by atoms with van der Waals surface area (Å²) in [5.41, 5.74) is 1.61. The van der Waals surface area contributed by atoms with Crippen LogP contribution in [-0.2, 0) is 7.05 Å². The summed E-state index contributed by atoms with van der Waals surface area (Å²) in [6.45, 7) is 1.94. The fourth-order valence-corrected chi connectivity index (χ4v) is 2.13. The molecule has 0 aliphatic carbocycles. The third kappa shape index (κ3) is 2.31. The number of ether oxygens (including phenoxy) is 1. The van der Waals surface area contributed by atoms with Crippen LogP contribution in [0.1, 0.15) is 15.9 Å². The lowest BCUT2D eigenvalue weighted by Crippen LogP contribution is -2.02. The summed E-state index contributed by atoms with van der Waals surface area (Å²) >= 11 is 0. The lowest BCUT2D eigenvalue weighted by atomic mass is 10.2. The number of fused-ring (bicyclic) bond motifs is 1. The maximum atomic E-state index is 11.4. The number of carboxylic acid groups (broad SMARTS) is 1. The number of aromatic nitrogens is 3. The van der Waals surface area contributed by atoms with Crippen molar-refractivity contribution in [1.82, 2.24) is 14.8 Å². The molecule has 0 fully saturated rings. The zero-order valence-corrected chi connectivity index (χ0v) is 11.6. The highest BCUT2D eigenvalue weighted by atomic mass is 16.5. The van der Waals surface area contributed by atoms with Gasteiger partial charge in [-0.1, -0.05) is 12.1 Å². The maximum Gasteiger partial charge on any atom is 0.341 e. The van der Waals surface area contributed by atoms with Crippen LogP contribution in [-0.4, -0.2) is 25.8 Å². The summed E-state index contributed by atoms with van der Waals surface area (Å²) in [5, 5.41) is 14.0. The van der Waals surface area contributed by atoms with Gasteiger partial charge >= 0.3 is 5.97 Å². The monoisotopic (exact) mass is 283 g/mol. The Morgan fingerprint density at radius 3 is 2.86 bits per heavy atom. The van der Waals surface area contributed by atoms with Crippen molar-refractivity contribution in [2.75, 3.05) is 0 Å².